The molecule has 4 rings (SSSR count). The molecule has 0 spiro atoms. The summed E-state index contributed by atoms with van der Waals surface area (Å²) < 4.78 is 105. The second-order valence-electron chi connectivity index (χ2n) is 6.86. The third-order valence-electron chi connectivity index (χ3n) is 4.59. The minimum absolute atomic E-state index is 0.0659. The number of thiazole rings is 1. The Balaban J connectivity index is 1.92. The molecular formula is C19H11F6N5O2S2. The summed E-state index contributed by atoms with van der Waals surface area (Å²) in [6.45, 7) is 0. The molecule has 0 aliphatic rings. The molecular weight excluding hydrogens is 508 g/mol. The first-order valence-corrected chi connectivity index (χ1v) is 11.5. The SMILES string of the molecule is NS(=O)(=O)c1ccc(-n2nc(C(F)(F)F)cc2-c2ccc(-c3cscn3)c(C(F)(F)F)c2)cn1. The van der Waals surface area contributed by atoms with Crippen LogP contribution in [0.1, 0.15) is 11.3 Å². The lowest BCUT2D eigenvalue weighted by molar-refractivity contribution is -0.141. The van der Waals surface area contributed by atoms with Crippen LogP contribution in [0.5, 0.6) is 0 Å². The number of benzene rings is 1. The summed E-state index contributed by atoms with van der Waals surface area (Å²) in [7, 11) is -4.18. The number of nitrogens with zero attached hydrogens (tertiary/aromatic N) is 4. The quantitative estimate of drug-likeness (QED) is 0.392. The molecule has 0 atom stereocenters. The Hall–Kier alpha value is -3.30. The van der Waals surface area contributed by atoms with Gasteiger partial charge in [-0.2, -0.15) is 31.4 Å². The van der Waals surface area contributed by atoms with Gasteiger partial charge in [0.05, 0.1) is 34.3 Å². The molecule has 0 radical (unpaired) electrons. The zero-order valence-electron chi connectivity index (χ0n) is 16.5. The third kappa shape index (κ3) is 4.67. The largest absolute Gasteiger partial charge is 0.435 e. The fourth-order valence-electron chi connectivity index (χ4n) is 3.10. The van der Waals surface area contributed by atoms with E-state index >= 15 is 0 Å². The maximum Gasteiger partial charge on any atom is 0.435 e. The molecule has 3 aromatic heterocycles. The Labute approximate surface area is 191 Å². The molecule has 0 fully saturated rings. The number of primary sulfonamides is 1. The third-order valence-corrected chi connectivity index (χ3v) is 6.00. The number of pyridine rings is 1. The van der Waals surface area contributed by atoms with E-state index in [1.54, 1.807) is 0 Å². The van der Waals surface area contributed by atoms with E-state index in [1.165, 1.54) is 17.0 Å². The van der Waals surface area contributed by atoms with Crippen LogP contribution in [0.3, 0.4) is 0 Å². The van der Waals surface area contributed by atoms with E-state index in [0.29, 0.717) is 12.1 Å². The fourth-order valence-corrected chi connectivity index (χ4v) is 4.10. The molecule has 7 nitrogen and oxygen atoms in total. The highest BCUT2D eigenvalue weighted by Crippen LogP contribution is 2.40. The Morgan fingerprint density at radius 2 is 1.68 bits per heavy atom. The van der Waals surface area contributed by atoms with Crippen molar-refractivity contribution < 1.29 is 34.8 Å². The van der Waals surface area contributed by atoms with Crippen molar-refractivity contribution in [1.82, 2.24) is 19.7 Å². The monoisotopic (exact) mass is 519 g/mol. The molecule has 178 valence electrons. The molecule has 0 amide bonds. The number of nitrogens with two attached hydrogens (primary N) is 1. The summed E-state index contributed by atoms with van der Waals surface area (Å²) in [4.78, 5) is 7.47. The van der Waals surface area contributed by atoms with E-state index < -0.39 is 38.7 Å². The zero-order valence-corrected chi connectivity index (χ0v) is 18.1. The van der Waals surface area contributed by atoms with Crippen molar-refractivity contribution in [3.8, 4) is 28.2 Å². The van der Waals surface area contributed by atoms with Crippen LogP contribution < -0.4 is 5.14 Å². The van der Waals surface area contributed by atoms with E-state index in [0.717, 1.165) is 40.4 Å². The van der Waals surface area contributed by atoms with Gasteiger partial charge in [-0.15, -0.1) is 11.3 Å². The van der Waals surface area contributed by atoms with Gasteiger partial charge < -0.3 is 0 Å². The summed E-state index contributed by atoms with van der Waals surface area (Å²) in [5, 5.41) is 9.29. The Morgan fingerprint density at radius 3 is 2.21 bits per heavy atom. The standard InChI is InChI=1S/C19H11F6N5O2S2/c20-18(21,22)13-5-10(1-3-12(13)14-8-33-9-28-14)15-6-16(19(23,24)25)29-30(15)11-2-4-17(27-7-11)34(26,31)32/h1-9H,(H2,26,31,32). The number of alkyl halides is 6. The van der Waals surface area contributed by atoms with Crippen LogP contribution >= 0.6 is 11.3 Å². The van der Waals surface area contributed by atoms with Gasteiger partial charge in [-0.1, -0.05) is 12.1 Å². The normalized spacial score (nSPS) is 12.8. The van der Waals surface area contributed by atoms with Gasteiger partial charge in [0.15, 0.2) is 10.7 Å². The second kappa shape index (κ2) is 8.18. The van der Waals surface area contributed by atoms with Crippen LogP contribution in [-0.4, -0.2) is 28.2 Å². The predicted molar refractivity (Wildman–Crippen MR) is 109 cm³/mol. The molecule has 0 unspecified atom stereocenters. The molecule has 3 heterocycles. The van der Waals surface area contributed by atoms with Crippen LogP contribution in [-0.2, 0) is 22.4 Å². The molecule has 34 heavy (non-hydrogen) atoms. The van der Waals surface area contributed by atoms with Crippen molar-refractivity contribution in [2.24, 2.45) is 5.14 Å². The molecule has 2 N–H and O–H groups in total. The minimum atomic E-state index is -4.90. The van der Waals surface area contributed by atoms with Gasteiger partial charge in [-0.3, -0.25) is 0 Å². The maximum atomic E-state index is 13.8. The first kappa shape index (κ1) is 23.8. The smallest absolute Gasteiger partial charge is 0.245 e. The molecule has 0 aliphatic heterocycles. The number of halogens is 6. The lowest BCUT2D eigenvalue weighted by atomic mass is 9.99. The summed E-state index contributed by atoms with van der Waals surface area (Å²) in [6, 6.07) is 5.64. The van der Waals surface area contributed by atoms with E-state index in [1.807, 2.05) is 0 Å². The zero-order chi connectivity index (χ0) is 24.9. The van der Waals surface area contributed by atoms with Crippen molar-refractivity contribution in [1.29, 1.82) is 0 Å². The van der Waals surface area contributed by atoms with E-state index in [-0.39, 0.29) is 28.2 Å². The van der Waals surface area contributed by atoms with Crippen LogP contribution in [0.4, 0.5) is 26.3 Å². The molecule has 1 aromatic carbocycles. The van der Waals surface area contributed by atoms with Crippen molar-refractivity contribution >= 4 is 21.4 Å². The number of hydrogen-bond donors (Lipinski definition) is 1. The number of hydrogen-bond acceptors (Lipinski definition) is 6. The molecule has 0 saturated heterocycles. The second-order valence-corrected chi connectivity index (χ2v) is 9.08. The van der Waals surface area contributed by atoms with Crippen LogP contribution in [0, 0.1) is 0 Å². The van der Waals surface area contributed by atoms with Gasteiger partial charge in [0, 0.05) is 16.5 Å². The number of rotatable bonds is 4. The van der Waals surface area contributed by atoms with E-state index in [4.69, 9.17) is 5.14 Å². The fraction of sp³-hybridized carbons (Fsp3) is 0.105. The van der Waals surface area contributed by atoms with Gasteiger partial charge >= 0.3 is 12.4 Å². The Morgan fingerprint density at radius 1 is 0.941 bits per heavy atom. The first-order valence-electron chi connectivity index (χ1n) is 9.02. The van der Waals surface area contributed by atoms with Crippen LogP contribution in [0.15, 0.2) is 58.5 Å². The lowest BCUT2D eigenvalue weighted by Gasteiger charge is -2.14. The summed E-state index contributed by atoms with van der Waals surface area (Å²) in [6.07, 6.45) is -8.84. The summed E-state index contributed by atoms with van der Waals surface area (Å²) >= 11 is 1.09. The van der Waals surface area contributed by atoms with Crippen molar-refractivity contribution in [3.63, 3.8) is 0 Å². The highest BCUT2D eigenvalue weighted by molar-refractivity contribution is 7.89. The highest BCUT2D eigenvalue weighted by atomic mass is 32.2. The number of aromatic nitrogens is 4. The summed E-state index contributed by atoms with van der Waals surface area (Å²) in [5.74, 6) is 0. The van der Waals surface area contributed by atoms with E-state index in [9.17, 15) is 34.8 Å². The van der Waals surface area contributed by atoms with Gasteiger partial charge in [0.2, 0.25) is 0 Å². The first-order chi connectivity index (χ1) is 15.7. The number of sulfonamides is 1. The van der Waals surface area contributed by atoms with E-state index in [2.05, 4.69) is 15.1 Å². The van der Waals surface area contributed by atoms with Gasteiger partial charge in [0.25, 0.3) is 10.0 Å². The van der Waals surface area contributed by atoms with Crippen molar-refractivity contribution in [3.05, 3.63) is 64.7 Å². The lowest BCUT2D eigenvalue weighted by Crippen LogP contribution is -2.14. The Bertz CT molecular complexity index is 1440. The Kier molecular flexibility index (Phi) is 5.73. The molecule has 15 heteroatoms. The minimum Gasteiger partial charge on any atom is -0.245 e. The van der Waals surface area contributed by atoms with Gasteiger partial charge in [-0.25, -0.2) is 28.2 Å². The van der Waals surface area contributed by atoms with Gasteiger partial charge in [0.1, 0.15) is 0 Å². The highest BCUT2D eigenvalue weighted by Gasteiger charge is 2.37. The molecule has 0 saturated carbocycles. The van der Waals surface area contributed by atoms with Crippen LogP contribution in [0.2, 0.25) is 0 Å². The van der Waals surface area contributed by atoms with Crippen LogP contribution in [0.25, 0.3) is 28.2 Å². The molecule has 4 aromatic rings. The topological polar surface area (TPSA) is 104 Å². The average molecular weight is 519 g/mol. The summed E-state index contributed by atoms with van der Waals surface area (Å²) in [5.41, 5.74) is -1.95. The average Bonchev–Trinajstić information content (AvgIpc) is 3.42. The van der Waals surface area contributed by atoms with Gasteiger partial charge in [-0.05, 0) is 24.3 Å². The van der Waals surface area contributed by atoms with Crippen molar-refractivity contribution in [2.45, 2.75) is 17.4 Å². The van der Waals surface area contributed by atoms with Crippen molar-refractivity contribution in [2.75, 3.05) is 0 Å². The predicted octanol–water partition coefficient (Wildman–Crippen LogP) is 4.74. The molecule has 0 aliphatic carbocycles. The molecule has 0 bridgehead atoms. The maximum absolute atomic E-state index is 13.8.